The normalized spacial score (nSPS) is 21.5. The highest BCUT2D eigenvalue weighted by Crippen LogP contribution is 2.46. The first-order chi connectivity index (χ1) is 5.09. The van der Waals surface area contributed by atoms with Gasteiger partial charge in [0.15, 0.2) is 0 Å². The van der Waals surface area contributed by atoms with Crippen LogP contribution < -0.4 is 0 Å². The number of aliphatic hydroxyl groups is 2. The number of hydrogen-bond acceptors (Lipinski definition) is 2. The van der Waals surface area contributed by atoms with E-state index in [1.165, 1.54) is 0 Å². The van der Waals surface area contributed by atoms with Gasteiger partial charge < -0.3 is 10.2 Å². The largest absolute Gasteiger partial charge is 0.512 e. The third-order valence-corrected chi connectivity index (χ3v) is 2.56. The monoisotopic (exact) mass is 154 g/mol. The zero-order chi connectivity index (χ0) is 8.48. The molecule has 0 amide bonds. The summed E-state index contributed by atoms with van der Waals surface area (Å²) in [6, 6.07) is 0. The second-order valence-electron chi connectivity index (χ2n) is 3.18. The van der Waals surface area contributed by atoms with Gasteiger partial charge in [0.05, 0.1) is 16.9 Å². The molecule has 0 aromatic rings. The van der Waals surface area contributed by atoms with Crippen LogP contribution in [0.4, 0.5) is 0 Å². The Bertz CT molecular complexity index is 172. The predicted octanol–water partition coefficient (Wildman–Crippen LogP) is 2.69. The van der Waals surface area contributed by atoms with Crippen LogP contribution in [0.15, 0.2) is 24.7 Å². The zero-order valence-electron chi connectivity index (χ0n) is 6.64. The molecule has 2 heteroatoms. The Hall–Kier alpha value is -0.920. The Morgan fingerprint density at radius 1 is 1.00 bits per heavy atom. The summed E-state index contributed by atoms with van der Waals surface area (Å²) in [5.74, 6) is 0.116. The Balaban J connectivity index is 2.87. The Kier molecular flexibility index (Phi) is 1.94. The molecule has 11 heavy (non-hydrogen) atoms. The van der Waals surface area contributed by atoms with Gasteiger partial charge in [-0.1, -0.05) is 26.0 Å². The molecule has 0 atom stereocenters. The minimum atomic E-state index is -0.583. The first kappa shape index (κ1) is 8.18. The second-order valence-corrected chi connectivity index (χ2v) is 3.18. The molecule has 1 rings (SSSR count). The molecule has 0 spiro atoms. The van der Waals surface area contributed by atoms with Gasteiger partial charge >= 0.3 is 0 Å². The highest BCUT2D eigenvalue weighted by molar-refractivity contribution is 5.18. The molecule has 1 saturated carbocycles. The van der Waals surface area contributed by atoms with Crippen molar-refractivity contribution < 1.29 is 10.2 Å². The molecule has 2 N–H and O–H groups in total. The lowest BCUT2D eigenvalue weighted by Crippen LogP contribution is -2.20. The van der Waals surface area contributed by atoms with Gasteiger partial charge in [0, 0.05) is 0 Å². The minimum absolute atomic E-state index is 0.0579. The Labute approximate surface area is 66.9 Å². The molecule has 0 aliphatic heterocycles. The van der Waals surface area contributed by atoms with Crippen molar-refractivity contribution in [2.45, 2.75) is 25.7 Å². The van der Waals surface area contributed by atoms with Crippen molar-refractivity contribution in [3.05, 3.63) is 24.7 Å². The van der Waals surface area contributed by atoms with Crippen LogP contribution in [0, 0.1) is 5.41 Å². The van der Waals surface area contributed by atoms with Crippen molar-refractivity contribution in [1.82, 2.24) is 0 Å². The lowest BCUT2D eigenvalue weighted by Gasteiger charge is -2.25. The minimum Gasteiger partial charge on any atom is -0.512 e. The van der Waals surface area contributed by atoms with Crippen molar-refractivity contribution in [2.24, 2.45) is 5.41 Å². The molecule has 0 saturated heterocycles. The molecule has 0 bridgehead atoms. The van der Waals surface area contributed by atoms with Crippen LogP contribution in [0.2, 0.25) is 0 Å². The molecule has 0 heterocycles. The van der Waals surface area contributed by atoms with E-state index in [9.17, 15) is 10.2 Å². The molecule has 62 valence electrons. The molecule has 0 aromatic carbocycles. The van der Waals surface area contributed by atoms with Crippen LogP contribution in [-0.2, 0) is 0 Å². The maximum Gasteiger partial charge on any atom is 0.0987 e. The first-order valence-electron chi connectivity index (χ1n) is 3.86. The summed E-state index contributed by atoms with van der Waals surface area (Å²) in [6.45, 7) is 6.93. The fourth-order valence-electron chi connectivity index (χ4n) is 1.72. The summed E-state index contributed by atoms with van der Waals surface area (Å²) in [6.07, 6.45) is 3.60. The maximum atomic E-state index is 9.26. The average Bonchev–Trinajstić information content (AvgIpc) is 2.34. The summed E-state index contributed by atoms with van der Waals surface area (Å²) in [7, 11) is 0. The average molecular weight is 154 g/mol. The summed E-state index contributed by atoms with van der Waals surface area (Å²) < 4.78 is 0. The van der Waals surface area contributed by atoms with E-state index in [1.807, 2.05) is 0 Å². The van der Waals surface area contributed by atoms with Crippen LogP contribution in [-0.4, -0.2) is 10.2 Å². The lowest BCUT2D eigenvalue weighted by atomic mass is 9.83. The summed E-state index contributed by atoms with van der Waals surface area (Å²) in [5, 5.41) is 18.5. The van der Waals surface area contributed by atoms with E-state index < -0.39 is 5.41 Å². The van der Waals surface area contributed by atoms with Gasteiger partial charge in [-0.15, -0.1) is 0 Å². The van der Waals surface area contributed by atoms with E-state index >= 15 is 0 Å². The predicted molar refractivity (Wildman–Crippen MR) is 44.4 cm³/mol. The number of hydrogen-bond donors (Lipinski definition) is 2. The second kappa shape index (κ2) is 2.61. The molecule has 0 radical (unpaired) electrons. The van der Waals surface area contributed by atoms with Gasteiger partial charge in [0.25, 0.3) is 0 Å². The molecule has 1 aliphatic rings. The quantitative estimate of drug-likeness (QED) is 0.600. The van der Waals surface area contributed by atoms with Gasteiger partial charge in [-0.2, -0.15) is 0 Å². The van der Waals surface area contributed by atoms with Gasteiger partial charge in [-0.05, 0) is 12.8 Å². The van der Waals surface area contributed by atoms with Gasteiger partial charge in [-0.25, -0.2) is 0 Å². The maximum absolute atomic E-state index is 9.26. The Morgan fingerprint density at radius 3 is 1.55 bits per heavy atom. The van der Waals surface area contributed by atoms with Gasteiger partial charge in [-0.3, -0.25) is 0 Å². The van der Waals surface area contributed by atoms with E-state index in [1.54, 1.807) is 0 Å². The van der Waals surface area contributed by atoms with E-state index in [0.717, 1.165) is 25.7 Å². The molecule has 2 nitrogen and oxygen atoms in total. The summed E-state index contributed by atoms with van der Waals surface area (Å²) >= 11 is 0. The molecule has 1 fully saturated rings. The van der Waals surface area contributed by atoms with E-state index in [0.29, 0.717) is 0 Å². The summed E-state index contributed by atoms with van der Waals surface area (Å²) in [5.41, 5.74) is -0.583. The highest BCUT2D eigenvalue weighted by atomic mass is 16.3. The third-order valence-electron chi connectivity index (χ3n) is 2.56. The van der Waals surface area contributed by atoms with E-state index in [4.69, 9.17) is 0 Å². The topological polar surface area (TPSA) is 40.5 Å². The Morgan fingerprint density at radius 2 is 1.36 bits per heavy atom. The van der Waals surface area contributed by atoms with E-state index in [2.05, 4.69) is 13.2 Å². The summed E-state index contributed by atoms with van der Waals surface area (Å²) in [4.78, 5) is 0. The standard InChI is InChI=1S/C9H14O2/c1-7(10)9(8(2)11)5-3-4-6-9/h10-11H,1-6H2. The van der Waals surface area contributed by atoms with Crippen LogP contribution >= 0.6 is 0 Å². The fourth-order valence-corrected chi connectivity index (χ4v) is 1.72. The molecule has 0 unspecified atom stereocenters. The van der Waals surface area contributed by atoms with Crippen LogP contribution in [0.5, 0.6) is 0 Å². The third kappa shape index (κ3) is 1.13. The van der Waals surface area contributed by atoms with Crippen molar-refractivity contribution in [3.8, 4) is 0 Å². The number of aliphatic hydroxyl groups excluding tert-OH is 2. The van der Waals surface area contributed by atoms with Gasteiger partial charge in [0.2, 0.25) is 0 Å². The number of rotatable bonds is 2. The molecule has 0 aromatic heterocycles. The van der Waals surface area contributed by atoms with Crippen molar-refractivity contribution >= 4 is 0 Å². The lowest BCUT2D eigenvalue weighted by molar-refractivity contribution is 0.190. The van der Waals surface area contributed by atoms with Crippen LogP contribution in [0.1, 0.15) is 25.7 Å². The molecular weight excluding hydrogens is 140 g/mol. The SMILES string of the molecule is C=C(O)C1(C(=C)O)CCCC1. The van der Waals surface area contributed by atoms with Crippen molar-refractivity contribution in [2.75, 3.05) is 0 Å². The zero-order valence-corrected chi connectivity index (χ0v) is 6.64. The first-order valence-corrected chi connectivity index (χ1v) is 3.86. The van der Waals surface area contributed by atoms with Crippen LogP contribution in [0.3, 0.4) is 0 Å². The van der Waals surface area contributed by atoms with Crippen LogP contribution in [0.25, 0.3) is 0 Å². The van der Waals surface area contributed by atoms with Gasteiger partial charge in [0.1, 0.15) is 0 Å². The van der Waals surface area contributed by atoms with Crippen molar-refractivity contribution in [1.29, 1.82) is 0 Å². The van der Waals surface area contributed by atoms with E-state index in [-0.39, 0.29) is 11.5 Å². The fraction of sp³-hybridized carbons (Fsp3) is 0.556. The highest BCUT2D eigenvalue weighted by Gasteiger charge is 2.39. The molecule has 1 aliphatic carbocycles. The smallest absolute Gasteiger partial charge is 0.0987 e. The molecular formula is C9H14O2. The van der Waals surface area contributed by atoms with Crippen molar-refractivity contribution in [3.63, 3.8) is 0 Å².